The van der Waals surface area contributed by atoms with Gasteiger partial charge in [-0.25, -0.2) is 9.97 Å². The first-order valence-electron chi connectivity index (χ1n) is 11.0. The standard InChI is InChI=1S/C27H18ClN5OS/c28-21-12-17(11-18-14-29-33-23(18)21)25-24(16-7-3-1-4-8-16)31-26-22(30-25)13-19(27(34)32-26)15-35-20-9-5-2-6-10-20/h1-14H,15H2,(H,29,33)(H,31,32,34). The highest BCUT2D eigenvalue weighted by Gasteiger charge is 2.17. The summed E-state index contributed by atoms with van der Waals surface area (Å²) in [5.74, 6) is 0.527. The molecule has 3 aromatic heterocycles. The summed E-state index contributed by atoms with van der Waals surface area (Å²) in [6.45, 7) is 0. The summed E-state index contributed by atoms with van der Waals surface area (Å²) in [5, 5.41) is 8.47. The van der Waals surface area contributed by atoms with Crippen LogP contribution in [0.2, 0.25) is 5.02 Å². The number of aromatic amines is 2. The van der Waals surface area contributed by atoms with Gasteiger partial charge in [-0.2, -0.15) is 5.10 Å². The predicted molar refractivity (Wildman–Crippen MR) is 142 cm³/mol. The SMILES string of the molecule is O=c1[nH]c2nc(-c3ccccc3)c(-c3cc(Cl)c4[nH]ncc4c3)nc2cc1CSc1ccccc1. The maximum absolute atomic E-state index is 12.9. The minimum atomic E-state index is -0.162. The summed E-state index contributed by atoms with van der Waals surface area (Å²) in [4.78, 5) is 26.7. The Morgan fingerprint density at radius 2 is 1.60 bits per heavy atom. The van der Waals surface area contributed by atoms with E-state index >= 15 is 0 Å². The molecule has 2 N–H and O–H groups in total. The third-order valence-corrected chi connectivity index (χ3v) is 7.08. The molecule has 170 valence electrons. The van der Waals surface area contributed by atoms with Gasteiger partial charge in [-0.05, 0) is 30.3 Å². The van der Waals surface area contributed by atoms with Crippen LogP contribution >= 0.6 is 23.4 Å². The van der Waals surface area contributed by atoms with E-state index in [4.69, 9.17) is 21.6 Å². The number of pyridine rings is 1. The Hall–Kier alpha value is -3.94. The number of rotatable bonds is 5. The van der Waals surface area contributed by atoms with Crippen molar-refractivity contribution in [2.24, 2.45) is 0 Å². The zero-order chi connectivity index (χ0) is 23.8. The van der Waals surface area contributed by atoms with E-state index in [1.54, 1.807) is 18.0 Å². The Balaban J connectivity index is 1.52. The van der Waals surface area contributed by atoms with Crippen LogP contribution in [0, 0.1) is 0 Å². The van der Waals surface area contributed by atoms with Gasteiger partial charge in [0.2, 0.25) is 0 Å². The van der Waals surface area contributed by atoms with Gasteiger partial charge in [0.1, 0.15) is 5.52 Å². The van der Waals surface area contributed by atoms with Gasteiger partial charge in [0.15, 0.2) is 5.65 Å². The first kappa shape index (κ1) is 21.6. The fraction of sp³-hybridized carbons (Fsp3) is 0.0370. The summed E-state index contributed by atoms with van der Waals surface area (Å²) < 4.78 is 0. The van der Waals surface area contributed by atoms with E-state index in [-0.39, 0.29) is 5.56 Å². The zero-order valence-corrected chi connectivity index (χ0v) is 19.9. The van der Waals surface area contributed by atoms with E-state index in [0.29, 0.717) is 38.9 Å². The number of benzene rings is 3. The summed E-state index contributed by atoms with van der Waals surface area (Å²) >= 11 is 8.15. The van der Waals surface area contributed by atoms with Crippen LogP contribution in [0.4, 0.5) is 0 Å². The van der Waals surface area contributed by atoms with Crippen LogP contribution in [0.1, 0.15) is 5.56 Å². The predicted octanol–water partition coefficient (Wildman–Crippen LogP) is 6.47. The molecule has 0 spiro atoms. The smallest absolute Gasteiger partial charge is 0.253 e. The van der Waals surface area contributed by atoms with Crippen LogP contribution in [-0.2, 0) is 5.75 Å². The first-order valence-corrected chi connectivity index (χ1v) is 12.3. The molecule has 0 saturated heterocycles. The largest absolute Gasteiger partial charge is 0.305 e. The summed E-state index contributed by atoms with van der Waals surface area (Å²) in [6.07, 6.45) is 1.73. The van der Waals surface area contributed by atoms with Gasteiger partial charge < -0.3 is 4.98 Å². The monoisotopic (exact) mass is 495 g/mol. The molecule has 0 aliphatic rings. The highest BCUT2D eigenvalue weighted by Crippen LogP contribution is 2.34. The summed E-state index contributed by atoms with van der Waals surface area (Å²) in [7, 11) is 0. The molecular formula is C27H18ClN5OS. The molecule has 8 heteroatoms. The van der Waals surface area contributed by atoms with Crippen molar-refractivity contribution in [2.45, 2.75) is 10.6 Å². The molecule has 35 heavy (non-hydrogen) atoms. The highest BCUT2D eigenvalue weighted by atomic mass is 35.5. The van der Waals surface area contributed by atoms with Crippen molar-refractivity contribution in [1.29, 1.82) is 0 Å². The highest BCUT2D eigenvalue weighted by molar-refractivity contribution is 7.98. The van der Waals surface area contributed by atoms with Gasteiger partial charge in [0.05, 0.1) is 28.1 Å². The number of nitrogens with zero attached hydrogens (tertiary/aromatic N) is 3. The minimum absolute atomic E-state index is 0.162. The van der Waals surface area contributed by atoms with Crippen LogP contribution in [0.5, 0.6) is 0 Å². The average molecular weight is 496 g/mol. The fourth-order valence-electron chi connectivity index (χ4n) is 3.99. The van der Waals surface area contributed by atoms with Crippen molar-refractivity contribution >= 4 is 45.4 Å². The van der Waals surface area contributed by atoms with Crippen LogP contribution < -0.4 is 5.56 Å². The normalized spacial score (nSPS) is 11.3. The molecule has 0 fully saturated rings. The van der Waals surface area contributed by atoms with Gasteiger partial charge >= 0.3 is 0 Å². The Bertz CT molecular complexity index is 1730. The van der Waals surface area contributed by atoms with Crippen LogP contribution in [0.25, 0.3) is 44.6 Å². The lowest BCUT2D eigenvalue weighted by atomic mass is 10.0. The first-order chi connectivity index (χ1) is 17.2. The van der Waals surface area contributed by atoms with Crippen molar-refractivity contribution < 1.29 is 0 Å². The van der Waals surface area contributed by atoms with Crippen molar-refractivity contribution in [3.63, 3.8) is 0 Å². The second-order valence-corrected chi connectivity index (χ2v) is 9.49. The molecule has 0 bridgehead atoms. The Kier molecular flexibility index (Phi) is 5.56. The van der Waals surface area contributed by atoms with E-state index in [0.717, 1.165) is 26.9 Å². The third-order valence-electron chi connectivity index (χ3n) is 5.72. The van der Waals surface area contributed by atoms with Crippen molar-refractivity contribution in [3.8, 4) is 22.5 Å². The van der Waals surface area contributed by atoms with Gasteiger partial charge in [-0.1, -0.05) is 60.1 Å². The van der Waals surface area contributed by atoms with E-state index in [2.05, 4.69) is 15.2 Å². The number of nitrogens with one attached hydrogen (secondary N) is 2. The number of halogens is 1. The molecule has 6 rings (SSSR count). The minimum Gasteiger partial charge on any atom is -0.305 e. The Morgan fingerprint density at radius 3 is 2.40 bits per heavy atom. The average Bonchev–Trinajstić information content (AvgIpc) is 3.37. The van der Waals surface area contributed by atoms with Gasteiger partial charge in [-0.15, -0.1) is 11.8 Å². The number of fused-ring (bicyclic) bond motifs is 2. The van der Waals surface area contributed by atoms with Gasteiger partial charge in [0.25, 0.3) is 5.56 Å². The van der Waals surface area contributed by atoms with Crippen molar-refractivity contribution in [3.05, 3.63) is 106 Å². The third kappa shape index (κ3) is 4.20. The number of thioether (sulfide) groups is 1. The van der Waals surface area contributed by atoms with E-state index in [9.17, 15) is 4.79 Å². The molecule has 0 unspecified atom stereocenters. The van der Waals surface area contributed by atoms with Crippen LogP contribution in [0.15, 0.2) is 94.7 Å². The number of hydrogen-bond donors (Lipinski definition) is 2. The second kappa shape index (κ2) is 9.02. The molecule has 0 amide bonds. The molecule has 0 aliphatic carbocycles. The fourth-order valence-corrected chi connectivity index (χ4v) is 5.15. The molecule has 0 radical (unpaired) electrons. The van der Waals surface area contributed by atoms with Crippen molar-refractivity contribution in [1.82, 2.24) is 25.1 Å². The molecule has 0 atom stereocenters. The van der Waals surface area contributed by atoms with E-state index in [1.807, 2.05) is 78.9 Å². The lowest BCUT2D eigenvalue weighted by Crippen LogP contribution is -2.13. The lowest BCUT2D eigenvalue weighted by molar-refractivity contribution is 1.12. The molecule has 3 aromatic carbocycles. The Morgan fingerprint density at radius 1 is 0.857 bits per heavy atom. The van der Waals surface area contributed by atoms with Gasteiger partial charge in [0, 0.05) is 32.7 Å². The second-order valence-electron chi connectivity index (χ2n) is 8.04. The van der Waals surface area contributed by atoms with Gasteiger partial charge in [-0.3, -0.25) is 9.89 Å². The number of H-pyrrole nitrogens is 2. The summed E-state index contributed by atoms with van der Waals surface area (Å²) in [6, 6.07) is 25.5. The molecule has 0 saturated carbocycles. The molecule has 6 aromatic rings. The number of hydrogen-bond acceptors (Lipinski definition) is 5. The molecule has 6 nitrogen and oxygen atoms in total. The quantitative estimate of drug-likeness (QED) is 0.267. The topological polar surface area (TPSA) is 87.3 Å². The molecule has 3 heterocycles. The molecular weight excluding hydrogens is 478 g/mol. The van der Waals surface area contributed by atoms with E-state index < -0.39 is 0 Å². The van der Waals surface area contributed by atoms with E-state index in [1.165, 1.54) is 0 Å². The summed E-state index contributed by atoms with van der Waals surface area (Å²) in [5.41, 5.74) is 5.38. The maximum atomic E-state index is 12.9. The number of aromatic nitrogens is 5. The van der Waals surface area contributed by atoms with Crippen molar-refractivity contribution in [2.75, 3.05) is 0 Å². The Labute approximate surface area is 209 Å². The molecule has 0 aliphatic heterocycles. The van der Waals surface area contributed by atoms with Crippen LogP contribution in [-0.4, -0.2) is 25.1 Å². The lowest BCUT2D eigenvalue weighted by Gasteiger charge is -2.12. The zero-order valence-electron chi connectivity index (χ0n) is 18.3. The van der Waals surface area contributed by atoms with Crippen LogP contribution in [0.3, 0.4) is 0 Å². The maximum Gasteiger partial charge on any atom is 0.253 e.